The fourth-order valence-corrected chi connectivity index (χ4v) is 5.36. The molecule has 1 aromatic carbocycles. The van der Waals surface area contributed by atoms with E-state index in [1.54, 1.807) is 26.1 Å². The molecule has 0 aliphatic carbocycles. The second-order valence-electron chi connectivity index (χ2n) is 9.43. The van der Waals surface area contributed by atoms with E-state index in [0.717, 1.165) is 0 Å². The zero-order valence-electron chi connectivity index (χ0n) is 21.2. The molecule has 0 radical (unpaired) electrons. The standard InChI is InChI=1S/C24H38N4O5S/c1-17(2)25-24(30)27(7)15-22-18(3)14-28(19(4)16-29)34(31,32)23-11-10-20(13-21(23)33-22)9-8-12-26(5)6/h10-11,13,17-19,22,29H,12,14-16H2,1-7H3,(H,25,30)/t18-,19+,22-/m0/s1. The molecule has 0 unspecified atom stereocenters. The Morgan fingerprint density at radius 3 is 2.56 bits per heavy atom. The number of benzene rings is 1. The molecule has 1 aliphatic heterocycles. The number of hydrogen-bond acceptors (Lipinski definition) is 6. The summed E-state index contributed by atoms with van der Waals surface area (Å²) in [5, 5.41) is 12.6. The van der Waals surface area contributed by atoms with Gasteiger partial charge < -0.3 is 20.1 Å². The molecule has 0 fully saturated rings. The second kappa shape index (κ2) is 11.9. The van der Waals surface area contributed by atoms with Crippen LogP contribution in [0.2, 0.25) is 0 Å². The van der Waals surface area contributed by atoms with Gasteiger partial charge in [0.05, 0.1) is 19.7 Å². The minimum atomic E-state index is -3.92. The molecule has 0 bridgehead atoms. The Balaban J connectivity index is 2.50. The largest absolute Gasteiger partial charge is 0.487 e. The summed E-state index contributed by atoms with van der Waals surface area (Å²) < 4.78 is 34.6. The average molecular weight is 495 g/mol. The van der Waals surface area contributed by atoms with Crippen LogP contribution in [0.4, 0.5) is 4.79 Å². The number of likely N-dealkylation sites (N-methyl/N-ethyl adjacent to an activating group) is 1. The Kier molecular flexibility index (Phi) is 9.76. The van der Waals surface area contributed by atoms with Crippen molar-refractivity contribution in [1.82, 2.24) is 19.4 Å². The van der Waals surface area contributed by atoms with E-state index in [4.69, 9.17) is 4.74 Å². The predicted molar refractivity (Wildman–Crippen MR) is 132 cm³/mol. The van der Waals surface area contributed by atoms with Crippen molar-refractivity contribution in [2.24, 2.45) is 5.92 Å². The molecule has 190 valence electrons. The molecule has 1 heterocycles. The zero-order valence-corrected chi connectivity index (χ0v) is 22.0. The molecule has 3 atom stereocenters. The molecule has 2 N–H and O–H groups in total. The third-order valence-electron chi connectivity index (χ3n) is 5.51. The van der Waals surface area contributed by atoms with E-state index >= 15 is 0 Å². The summed E-state index contributed by atoms with van der Waals surface area (Å²) in [6.07, 6.45) is -0.476. The highest BCUT2D eigenvalue weighted by Gasteiger charge is 2.38. The number of nitrogens with zero attached hydrogens (tertiary/aromatic N) is 3. The van der Waals surface area contributed by atoms with Crippen molar-refractivity contribution in [2.75, 3.05) is 47.4 Å². The molecular weight excluding hydrogens is 456 g/mol. The minimum Gasteiger partial charge on any atom is -0.487 e. The number of hydrogen-bond donors (Lipinski definition) is 2. The van der Waals surface area contributed by atoms with E-state index in [1.165, 1.54) is 15.3 Å². The van der Waals surface area contributed by atoms with Gasteiger partial charge in [-0.3, -0.25) is 4.90 Å². The van der Waals surface area contributed by atoms with Crippen LogP contribution in [0.5, 0.6) is 5.75 Å². The number of ether oxygens (including phenoxy) is 1. The molecule has 2 rings (SSSR count). The van der Waals surface area contributed by atoms with Crippen LogP contribution in [-0.4, -0.2) is 99.2 Å². The van der Waals surface area contributed by atoms with Crippen LogP contribution in [0.3, 0.4) is 0 Å². The van der Waals surface area contributed by atoms with E-state index < -0.39 is 22.2 Å². The normalized spacial score (nSPS) is 20.9. The number of amides is 2. The van der Waals surface area contributed by atoms with Gasteiger partial charge in [0.15, 0.2) is 0 Å². The van der Waals surface area contributed by atoms with E-state index in [-0.39, 0.29) is 48.3 Å². The van der Waals surface area contributed by atoms with Crippen molar-refractivity contribution in [3.8, 4) is 17.6 Å². The summed E-state index contributed by atoms with van der Waals surface area (Å²) in [6, 6.07) is 3.94. The SMILES string of the molecule is CC(C)NC(=O)N(C)C[C@@H]1Oc2cc(C#CCN(C)C)ccc2S(=O)(=O)N([C@H](C)CO)C[C@@H]1C. The molecule has 0 spiro atoms. The van der Waals surface area contributed by atoms with E-state index in [1.807, 2.05) is 39.8 Å². The van der Waals surface area contributed by atoms with Crippen molar-refractivity contribution in [3.63, 3.8) is 0 Å². The molecule has 1 aliphatic rings. The lowest BCUT2D eigenvalue weighted by atomic mass is 10.0. The molecule has 9 nitrogen and oxygen atoms in total. The summed E-state index contributed by atoms with van der Waals surface area (Å²) in [4.78, 5) is 16.0. The number of sulfonamides is 1. The van der Waals surface area contributed by atoms with E-state index in [0.29, 0.717) is 12.1 Å². The molecule has 0 saturated carbocycles. The Hall–Kier alpha value is -2.32. The maximum absolute atomic E-state index is 13.5. The van der Waals surface area contributed by atoms with Gasteiger partial charge in [-0.05, 0) is 53.1 Å². The van der Waals surface area contributed by atoms with Crippen molar-refractivity contribution >= 4 is 16.1 Å². The van der Waals surface area contributed by atoms with Crippen LogP contribution in [0, 0.1) is 17.8 Å². The molecule has 1 aromatic rings. The maximum Gasteiger partial charge on any atom is 0.317 e. The van der Waals surface area contributed by atoms with Crippen LogP contribution in [0.15, 0.2) is 23.1 Å². The number of aliphatic hydroxyl groups excluding tert-OH is 1. The lowest BCUT2D eigenvalue weighted by Crippen LogP contribution is -2.51. The molecule has 10 heteroatoms. The lowest BCUT2D eigenvalue weighted by Gasteiger charge is -2.37. The summed E-state index contributed by atoms with van der Waals surface area (Å²) in [5.74, 6) is 6.03. The van der Waals surface area contributed by atoms with Crippen molar-refractivity contribution in [2.45, 2.75) is 50.8 Å². The average Bonchev–Trinajstić information content (AvgIpc) is 2.74. The third-order valence-corrected chi connectivity index (χ3v) is 7.53. The monoisotopic (exact) mass is 494 g/mol. The van der Waals surface area contributed by atoms with Gasteiger partial charge in [-0.25, -0.2) is 13.2 Å². The van der Waals surface area contributed by atoms with Gasteiger partial charge in [-0.15, -0.1) is 0 Å². The number of urea groups is 1. The van der Waals surface area contributed by atoms with Crippen molar-refractivity contribution < 1.29 is 23.1 Å². The number of carbonyl (C=O) groups is 1. The zero-order chi connectivity index (χ0) is 25.6. The highest BCUT2D eigenvalue weighted by Crippen LogP contribution is 2.34. The van der Waals surface area contributed by atoms with Crippen molar-refractivity contribution in [3.05, 3.63) is 23.8 Å². The molecule has 0 saturated heterocycles. The molecule has 34 heavy (non-hydrogen) atoms. The van der Waals surface area contributed by atoms with Gasteiger partial charge in [0.1, 0.15) is 16.7 Å². The minimum absolute atomic E-state index is 0.0133. The molecule has 0 aromatic heterocycles. The van der Waals surface area contributed by atoms with E-state index in [2.05, 4.69) is 17.2 Å². The topological polar surface area (TPSA) is 102 Å². The first-order chi connectivity index (χ1) is 15.9. The predicted octanol–water partition coefficient (Wildman–Crippen LogP) is 1.42. The van der Waals surface area contributed by atoms with E-state index in [9.17, 15) is 18.3 Å². The highest BCUT2D eigenvalue weighted by molar-refractivity contribution is 7.89. The fraction of sp³-hybridized carbons (Fsp3) is 0.625. The fourth-order valence-electron chi connectivity index (χ4n) is 3.53. The Morgan fingerprint density at radius 1 is 1.29 bits per heavy atom. The number of fused-ring (bicyclic) bond motifs is 1. The summed E-state index contributed by atoms with van der Waals surface area (Å²) >= 11 is 0. The number of rotatable bonds is 6. The maximum atomic E-state index is 13.5. The third kappa shape index (κ3) is 7.09. The quantitative estimate of drug-likeness (QED) is 0.580. The summed E-state index contributed by atoms with van der Waals surface area (Å²) in [7, 11) is 1.59. The van der Waals surface area contributed by atoms with Gasteiger partial charge >= 0.3 is 6.03 Å². The Bertz CT molecular complexity index is 1020. The first-order valence-electron chi connectivity index (χ1n) is 11.5. The number of carbonyl (C=O) groups excluding carboxylic acids is 1. The first-order valence-corrected chi connectivity index (χ1v) is 12.9. The first kappa shape index (κ1) is 27.9. The highest BCUT2D eigenvalue weighted by atomic mass is 32.2. The van der Waals surface area contributed by atoms with Crippen LogP contribution in [-0.2, 0) is 10.0 Å². The van der Waals surface area contributed by atoms with Gasteiger partial charge in [-0.2, -0.15) is 4.31 Å². The van der Waals surface area contributed by atoms with Crippen LogP contribution < -0.4 is 10.1 Å². The Labute approximate surface area is 204 Å². The number of aliphatic hydroxyl groups is 1. The van der Waals surface area contributed by atoms with Gasteiger partial charge in [0.2, 0.25) is 10.0 Å². The van der Waals surface area contributed by atoms with Crippen molar-refractivity contribution in [1.29, 1.82) is 0 Å². The van der Waals surface area contributed by atoms with Gasteiger partial charge in [0.25, 0.3) is 0 Å². The van der Waals surface area contributed by atoms with Crippen LogP contribution >= 0.6 is 0 Å². The smallest absolute Gasteiger partial charge is 0.317 e. The molecular formula is C24H38N4O5S. The summed E-state index contributed by atoms with van der Waals surface area (Å²) in [5.41, 5.74) is 0.635. The second-order valence-corrected chi connectivity index (χ2v) is 11.3. The Morgan fingerprint density at radius 2 is 1.97 bits per heavy atom. The van der Waals surface area contributed by atoms with Crippen LogP contribution in [0.25, 0.3) is 0 Å². The lowest BCUT2D eigenvalue weighted by molar-refractivity contribution is 0.0809. The van der Waals surface area contributed by atoms with Gasteiger partial charge in [0, 0.05) is 37.2 Å². The van der Waals surface area contributed by atoms with Gasteiger partial charge in [-0.1, -0.05) is 18.8 Å². The van der Waals surface area contributed by atoms with Crippen LogP contribution in [0.1, 0.15) is 33.3 Å². The molecule has 2 amide bonds. The summed E-state index contributed by atoms with van der Waals surface area (Å²) in [6.45, 7) is 7.99. The number of nitrogens with one attached hydrogen (secondary N) is 1.